The summed E-state index contributed by atoms with van der Waals surface area (Å²) in [5.74, 6) is 0.455. The number of carbonyl (C=O) groups is 2. The first kappa shape index (κ1) is 18.0. The van der Waals surface area contributed by atoms with E-state index >= 15 is 0 Å². The predicted octanol–water partition coefficient (Wildman–Crippen LogP) is 1.44. The molecular weight excluding hydrogens is 334 g/mol. The largest absolute Gasteiger partial charge is 0.355 e. The maximum atomic E-state index is 12.3. The third-order valence-electron chi connectivity index (χ3n) is 4.31. The van der Waals surface area contributed by atoms with Gasteiger partial charge in [0.05, 0.1) is 5.92 Å². The minimum Gasteiger partial charge on any atom is -0.355 e. The lowest BCUT2D eigenvalue weighted by Crippen LogP contribution is -2.43. The van der Waals surface area contributed by atoms with Crippen LogP contribution < -0.4 is 5.32 Å². The van der Waals surface area contributed by atoms with Crippen LogP contribution in [-0.4, -0.2) is 50.5 Å². The highest BCUT2D eigenvalue weighted by Gasteiger charge is 2.39. The first-order chi connectivity index (χ1) is 12.3. The number of nitrogens with zero attached hydrogens (tertiary/aromatic N) is 4. The minimum absolute atomic E-state index is 0.0227. The van der Waals surface area contributed by atoms with Crippen LogP contribution in [0.5, 0.6) is 0 Å². The molecule has 1 saturated heterocycles. The van der Waals surface area contributed by atoms with Crippen LogP contribution in [0.2, 0.25) is 0 Å². The molecule has 3 rings (SSSR count). The average molecular weight is 357 g/mol. The summed E-state index contributed by atoms with van der Waals surface area (Å²) in [6.45, 7) is 6.75. The van der Waals surface area contributed by atoms with Crippen molar-refractivity contribution in [2.24, 2.45) is 5.92 Å². The van der Waals surface area contributed by atoms with Gasteiger partial charge in [-0.2, -0.15) is 4.98 Å². The van der Waals surface area contributed by atoms with E-state index in [1.807, 2.05) is 32.9 Å². The number of likely N-dealkylation sites (tertiary alicyclic amines) is 1. The Morgan fingerprint density at radius 3 is 2.85 bits per heavy atom. The van der Waals surface area contributed by atoms with Crippen molar-refractivity contribution in [3.05, 3.63) is 30.3 Å². The summed E-state index contributed by atoms with van der Waals surface area (Å²) in [5, 5.41) is 6.75. The fourth-order valence-corrected chi connectivity index (χ4v) is 2.92. The van der Waals surface area contributed by atoms with Gasteiger partial charge in [-0.25, -0.2) is 0 Å². The van der Waals surface area contributed by atoms with Crippen molar-refractivity contribution in [2.45, 2.75) is 39.2 Å². The number of amides is 2. The maximum Gasteiger partial charge on any atom is 0.228 e. The third kappa shape index (κ3) is 4.07. The molecule has 138 valence electrons. The van der Waals surface area contributed by atoms with Gasteiger partial charge in [-0.1, -0.05) is 11.2 Å². The number of rotatable bonds is 5. The number of hydrogen-bond acceptors (Lipinski definition) is 6. The van der Waals surface area contributed by atoms with E-state index in [1.165, 1.54) is 0 Å². The van der Waals surface area contributed by atoms with Gasteiger partial charge in [0.25, 0.3) is 0 Å². The van der Waals surface area contributed by atoms with Crippen LogP contribution in [-0.2, 0) is 16.0 Å². The van der Waals surface area contributed by atoms with Gasteiger partial charge >= 0.3 is 0 Å². The Kier molecular flexibility index (Phi) is 5.01. The zero-order chi connectivity index (χ0) is 18.7. The van der Waals surface area contributed by atoms with E-state index < -0.39 is 0 Å². The molecule has 0 bridgehead atoms. The number of aromatic nitrogens is 3. The van der Waals surface area contributed by atoms with Crippen molar-refractivity contribution in [2.75, 3.05) is 13.1 Å². The molecule has 2 aromatic rings. The second-order valence-corrected chi connectivity index (χ2v) is 7.34. The Labute approximate surface area is 152 Å². The normalized spacial score (nSPS) is 17.6. The molecule has 0 spiro atoms. The van der Waals surface area contributed by atoms with Gasteiger partial charge in [0.1, 0.15) is 5.69 Å². The average Bonchev–Trinajstić information content (AvgIpc) is 3.22. The Hall–Kier alpha value is -2.77. The minimum atomic E-state index is -0.312. The van der Waals surface area contributed by atoms with Crippen LogP contribution in [0.4, 0.5) is 0 Å². The summed E-state index contributed by atoms with van der Waals surface area (Å²) in [6.07, 6.45) is 2.35. The molecule has 26 heavy (non-hydrogen) atoms. The SMILES string of the molecule is CC(C)(C)N1C[C@H](C(=O)NCCc2nc(-c3ccccn3)no2)CC1=O. The summed E-state index contributed by atoms with van der Waals surface area (Å²) in [6, 6.07) is 5.46. The van der Waals surface area contributed by atoms with Crippen LogP contribution in [0, 0.1) is 5.92 Å². The molecule has 8 nitrogen and oxygen atoms in total. The molecule has 0 unspecified atom stereocenters. The molecule has 0 saturated carbocycles. The Balaban J connectivity index is 1.49. The van der Waals surface area contributed by atoms with Crippen molar-refractivity contribution >= 4 is 11.8 Å². The van der Waals surface area contributed by atoms with Crippen molar-refractivity contribution in [3.8, 4) is 11.5 Å². The van der Waals surface area contributed by atoms with Gasteiger partial charge in [-0.15, -0.1) is 0 Å². The van der Waals surface area contributed by atoms with Gasteiger partial charge < -0.3 is 14.7 Å². The van der Waals surface area contributed by atoms with E-state index in [1.54, 1.807) is 17.2 Å². The Morgan fingerprint density at radius 1 is 1.38 bits per heavy atom. The van der Waals surface area contributed by atoms with E-state index in [2.05, 4.69) is 20.4 Å². The highest BCUT2D eigenvalue weighted by atomic mass is 16.5. The molecule has 0 aromatic carbocycles. The topological polar surface area (TPSA) is 101 Å². The quantitative estimate of drug-likeness (QED) is 0.869. The second-order valence-electron chi connectivity index (χ2n) is 7.34. The fraction of sp³-hybridized carbons (Fsp3) is 0.500. The van der Waals surface area contributed by atoms with Gasteiger partial charge in [0.15, 0.2) is 0 Å². The molecule has 1 atom stereocenters. The van der Waals surface area contributed by atoms with Crippen molar-refractivity contribution < 1.29 is 14.1 Å². The molecule has 3 heterocycles. The molecular formula is C18H23N5O3. The van der Waals surface area contributed by atoms with Crippen LogP contribution in [0.25, 0.3) is 11.5 Å². The number of pyridine rings is 1. The maximum absolute atomic E-state index is 12.3. The van der Waals surface area contributed by atoms with Crippen LogP contribution in [0.3, 0.4) is 0 Å². The Morgan fingerprint density at radius 2 is 2.19 bits per heavy atom. The van der Waals surface area contributed by atoms with Crippen molar-refractivity contribution in [1.29, 1.82) is 0 Å². The monoisotopic (exact) mass is 357 g/mol. The molecule has 1 N–H and O–H groups in total. The summed E-state index contributed by atoms with van der Waals surface area (Å²) in [5.41, 5.74) is 0.371. The molecule has 0 aliphatic carbocycles. The van der Waals surface area contributed by atoms with Crippen molar-refractivity contribution in [3.63, 3.8) is 0 Å². The van der Waals surface area contributed by atoms with Gasteiger partial charge in [-0.3, -0.25) is 14.6 Å². The lowest BCUT2D eigenvalue weighted by molar-refractivity contribution is -0.132. The molecule has 1 aliphatic rings. The summed E-state index contributed by atoms with van der Waals surface area (Å²) >= 11 is 0. The van der Waals surface area contributed by atoms with Crippen LogP contribution in [0.1, 0.15) is 33.1 Å². The smallest absolute Gasteiger partial charge is 0.228 e. The first-order valence-electron chi connectivity index (χ1n) is 8.67. The first-order valence-corrected chi connectivity index (χ1v) is 8.67. The third-order valence-corrected chi connectivity index (χ3v) is 4.31. The van der Waals surface area contributed by atoms with Crippen LogP contribution >= 0.6 is 0 Å². The molecule has 8 heteroatoms. The zero-order valence-corrected chi connectivity index (χ0v) is 15.2. The zero-order valence-electron chi connectivity index (χ0n) is 15.2. The number of nitrogens with one attached hydrogen (secondary N) is 1. The van der Waals surface area contributed by atoms with E-state index in [0.717, 1.165) is 0 Å². The number of hydrogen-bond donors (Lipinski definition) is 1. The lowest BCUT2D eigenvalue weighted by Gasteiger charge is -2.31. The molecule has 2 amide bonds. The predicted molar refractivity (Wildman–Crippen MR) is 93.8 cm³/mol. The van der Waals surface area contributed by atoms with E-state index in [4.69, 9.17) is 4.52 Å². The standard InChI is InChI=1S/C18H23N5O3/c1-18(2,3)23-11-12(10-15(23)24)17(25)20-9-7-14-21-16(22-26-14)13-6-4-5-8-19-13/h4-6,8,12H,7,9-11H2,1-3H3,(H,20,25)/t12-/m1/s1. The van der Waals surface area contributed by atoms with E-state index in [9.17, 15) is 9.59 Å². The summed E-state index contributed by atoms with van der Waals surface area (Å²) in [4.78, 5) is 34.6. The molecule has 0 radical (unpaired) electrons. The molecule has 1 aliphatic heterocycles. The van der Waals surface area contributed by atoms with Gasteiger partial charge in [0, 0.05) is 37.7 Å². The fourth-order valence-electron chi connectivity index (χ4n) is 2.92. The Bertz CT molecular complexity index is 782. The van der Waals surface area contributed by atoms with E-state index in [0.29, 0.717) is 36.9 Å². The molecule has 2 aromatic heterocycles. The molecule has 1 fully saturated rings. The summed E-state index contributed by atoms with van der Waals surface area (Å²) < 4.78 is 5.19. The van der Waals surface area contributed by atoms with Gasteiger partial charge in [0.2, 0.25) is 23.5 Å². The lowest BCUT2D eigenvalue weighted by atomic mass is 10.1. The van der Waals surface area contributed by atoms with Gasteiger partial charge in [-0.05, 0) is 32.9 Å². The van der Waals surface area contributed by atoms with E-state index in [-0.39, 0.29) is 29.7 Å². The highest BCUT2D eigenvalue weighted by Crippen LogP contribution is 2.25. The highest BCUT2D eigenvalue weighted by molar-refractivity contribution is 5.89. The summed E-state index contributed by atoms with van der Waals surface area (Å²) in [7, 11) is 0. The second kappa shape index (κ2) is 7.23. The van der Waals surface area contributed by atoms with Crippen molar-refractivity contribution in [1.82, 2.24) is 25.3 Å². The number of carbonyl (C=O) groups excluding carboxylic acids is 2. The van der Waals surface area contributed by atoms with Crippen LogP contribution in [0.15, 0.2) is 28.9 Å².